The van der Waals surface area contributed by atoms with Crippen LogP contribution in [0.25, 0.3) is 0 Å². The predicted octanol–water partition coefficient (Wildman–Crippen LogP) is 5.79. The van der Waals surface area contributed by atoms with Crippen LogP contribution in [0.5, 0.6) is 5.75 Å². The monoisotopic (exact) mass is 412 g/mol. The Morgan fingerprint density at radius 1 is 1.35 bits per heavy atom. The largest absolute Gasteiger partial charge is 0.489 e. The van der Waals surface area contributed by atoms with Crippen molar-refractivity contribution < 1.29 is 4.74 Å². The van der Waals surface area contributed by atoms with Crippen molar-refractivity contribution in [3.05, 3.63) is 40.4 Å². The highest BCUT2D eigenvalue weighted by Gasteiger charge is 2.43. The van der Waals surface area contributed by atoms with Gasteiger partial charge >= 0.3 is 0 Å². The number of hydrogen-bond donors (Lipinski definition) is 1. The van der Waals surface area contributed by atoms with Crippen LogP contribution in [-0.2, 0) is 0 Å². The molecular formula is C20H26Cl2N2OS. The van der Waals surface area contributed by atoms with Crippen LogP contribution in [0, 0.1) is 11.8 Å². The number of rotatable bonds is 6. The molecule has 1 aliphatic heterocycles. The molecule has 0 spiro atoms. The first kappa shape index (κ1) is 20.1. The number of benzene rings is 1. The average Bonchev–Trinajstić information content (AvgIpc) is 3.19. The molecule has 2 bridgehead atoms. The first-order valence-electron chi connectivity index (χ1n) is 9.01. The topological polar surface area (TPSA) is 33.6 Å². The van der Waals surface area contributed by atoms with Gasteiger partial charge in [-0.3, -0.25) is 0 Å². The second-order valence-electron chi connectivity index (χ2n) is 7.99. The molecule has 1 saturated carbocycles. The summed E-state index contributed by atoms with van der Waals surface area (Å²) >= 11 is 14.2. The fraction of sp³-hybridized carbons (Fsp3) is 0.550. The summed E-state index contributed by atoms with van der Waals surface area (Å²) in [5, 5.41) is 4.60. The molecule has 1 aromatic carbocycles. The van der Waals surface area contributed by atoms with E-state index in [-0.39, 0.29) is 4.75 Å². The lowest BCUT2D eigenvalue weighted by Crippen LogP contribution is -2.34. The van der Waals surface area contributed by atoms with E-state index in [0.717, 1.165) is 30.0 Å². The number of halogens is 2. The molecule has 26 heavy (non-hydrogen) atoms. The Morgan fingerprint density at radius 2 is 2.08 bits per heavy atom. The summed E-state index contributed by atoms with van der Waals surface area (Å²) in [6.07, 6.45) is 4.05. The summed E-state index contributed by atoms with van der Waals surface area (Å²) in [7, 11) is 0. The van der Waals surface area contributed by atoms with E-state index in [1.54, 1.807) is 24.1 Å². The van der Waals surface area contributed by atoms with Gasteiger partial charge in [0.15, 0.2) is 0 Å². The average molecular weight is 413 g/mol. The Balaban J connectivity index is 2.03. The molecule has 3 rings (SSSR count). The number of hydrogen-bond acceptors (Lipinski definition) is 4. The van der Waals surface area contributed by atoms with Crippen LogP contribution in [0.15, 0.2) is 29.2 Å². The zero-order valence-corrected chi connectivity index (χ0v) is 17.8. The zero-order valence-electron chi connectivity index (χ0n) is 15.5. The van der Waals surface area contributed by atoms with Gasteiger partial charge in [0.1, 0.15) is 12.4 Å². The molecule has 3 atom stereocenters. The van der Waals surface area contributed by atoms with Crippen LogP contribution in [0.3, 0.4) is 0 Å². The van der Waals surface area contributed by atoms with Crippen molar-refractivity contribution in [2.45, 2.75) is 44.4 Å². The molecule has 1 aromatic rings. The molecule has 3 nitrogen and oxygen atoms in total. The third kappa shape index (κ3) is 4.59. The first-order valence-corrected chi connectivity index (χ1v) is 10.5. The van der Waals surface area contributed by atoms with Crippen molar-refractivity contribution in [1.82, 2.24) is 5.32 Å². The summed E-state index contributed by atoms with van der Waals surface area (Å²) in [4.78, 5) is 0. The Labute approximate surface area is 170 Å². The molecular weight excluding hydrogens is 387 g/mol. The fourth-order valence-electron chi connectivity index (χ4n) is 3.67. The maximum absolute atomic E-state index is 6.36. The van der Waals surface area contributed by atoms with Crippen LogP contribution in [0.4, 0.5) is 0 Å². The summed E-state index contributed by atoms with van der Waals surface area (Å²) in [5.74, 6) is 1.75. The van der Waals surface area contributed by atoms with E-state index in [0.29, 0.717) is 34.5 Å². The van der Waals surface area contributed by atoms with Gasteiger partial charge in [0.05, 0.1) is 15.8 Å². The molecule has 142 valence electrons. The third-order valence-electron chi connectivity index (χ3n) is 4.79. The molecule has 1 saturated heterocycles. The van der Waals surface area contributed by atoms with E-state index < -0.39 is 0 Å². The van der Waals surface area contributed by atoms with Crippen LogP contribution in [0.1, 0.15) is 39.2 Å². The van der Waals surface area contributed by atoms with Gasteiger partial charge in [0.2, 0.25) is 0 Å². The highest BCUT2D eigenvalue weighted by atomic mass is 35.5. The summed E-state index contributed by atoms with van der Waals surface area (Å²) < 4.78 is 11.0. The van der Waals surface area contributed by atoms with Gasteiger partial charge in [-0.15, -0.1) is 0 Å². The number of ether oxygens (including phenoxy) is 1. The maximum Gasteiger partial charge on any atom is 0.130 e. The number of nitrogens with zero attached hydrogens (tertiary/aromatic N) is 1. The van der Waals surface area contributed by atoms with Crippen LogP contribution < -0.4 is 10.1 Å². The Bertz CT molecular complexity index is 714. The van der Waals surface area contributed by atoms with E-state index in [2.05, 4.69) is 32.7 Å². The second-order valence-corrected chi connectivity index (χ2v) is 10.4. The predicted molar refractivity (Wildman–Crippen MR) is 114 cm³/mol. The molecule has 1 heterocycles. The number of fused-ring (bicyclic) bond motifs is 2. The lowest BCUT2D eigenvalue weighted by atomic mass is 9.86. The molecule has 3 unspecified atom stereocenters. The van der Waals surface area contributed by atoms with Crippen LogP contribution in [-0.4, -0.2) is 29.7 Å². The summed E-state index contributed by atoms with van der Waals surface area (Å²) in [5.41, 5.74) is 2.03. The maximum atomic E-state index is 6.36. The van der Waals surface area contributed by atoms with Gasteiger partial charge in [-0.2, -0.15) is 0 Å². The highest BCUT2D eigenvalue weighted by molar-refractivity contribution is 7.99. The Kier molecular flexibility index (Phi) is 6.28. The van der Waals surface area contributed by atoms with Gasteiger partial charge in [-0.25, -0.2) is 4.40 Å². The standard InChI is InChI=1S/C20H26Cl2N2OS/c1-5-6-25-18-10-17(22)16(21)9-15(18)19(24-26-20(2,3)4)14-8-13-7-12(14)11-23-13/h5,9-10,12-14,23H,1,6-8,11H2,2-4H3/b24-19+. The zero-order chi connectivity index (χ0) is 18.9. The van der Waals surface area contributed by atoms with Crippen molar-refractivity contribution in [1.29, 1.82) is 0 Å². The van der Waals surface area contributed by atoms with Gasteiger partial charge in [0.25, 0.3) is 0 Å². The van der Waals surface area contributed by atoms with Gasteiger partial charge in [-0.05, 0) is 64.1 Å². The van der Waals surface area contributed by atoms with Gasteiger partial charge in [-0.1, -0.05) is 35.9 Å². The van der Waals surface area contributed by atoms with E-state index in [4.69, 9.17) is 32.3 Å². The number of piperidine rings is 1. The lowest BCUT2D eigenvalue weighted by molar-refractivity contribution is 0.361. The Hall–Kier alpha value is -0.680. The van der Waals surface area contributed by atoms with E-state index in [1.807, 2.05) is 6.07 Å². The molecule has 0 radical (unpaired) electrons. The molecule has 0 aromatic heterocycles. The minimum Gasteiger partial charge on any atom is -0.489 e. The Morgan fingerprint density at radius 3 is 2.65 bits per heavy atom. The quantitative estimate of drug-likeness (QED) is 0.364. The number of nitrogens with one attached hydrogen (secondary N) is 1. The fourth-order valence-corrected chi connectivity index (χ4v) is 4.59. The van der Waals surface area contributed by atoms with Crippen molar-refractivity contribution in [3.8, 4) is 5.75 Å². The molecule has 2 aliphatic rings. The smallest absolute Gasteiger partial charge is 0.130 e. The second kappa shape index (κ2) is 8.14. The SMILES string of the molecule is C=CCOc1cc(Cl)c(Cl)cc1/C(=N/SC(C)(C)C)C1CC2CC1CN2. The molecule has 2 fully saturated rings. The van der Waals surface area contributed by atoms with Crippen molar-refractivity contribution in [3.63, 3.8) is 0 Å². The first-order chi connectivity index (χ1) is 12.3. The lowest BCUT2D eigenvalue weighted by Gasteiger charge is -2.26. The van der Waals surface area contributed by atoms with Gasteiger partial charge in [0, 0.05) is 28.3 Å². The molecule has 1 aliphatic carbocycles. The minimum atomic E-state index is 0.0411. The molecule has 1 N–H and O–H groups in total. The normalized spacial score (nSPS) is 25.6. The third-order valence-corrected chi connectivity index (χ3v) is 6.35. The van der Waals surface area contributed by atoms with Crippen LogP contribution in [0.2, 0.25) is 10.0 Å². The minimum absolute atomic E-state index is 0.0411. The highest BCUT2D eigenvalue weighted by Crippen LogP contribution is 2.43. The van der Waals surface area contributed by atoms with Crippen molar-refractivity contribution >= 4 is 40.9 Å². The van der Waals surface area contributed by atoms with Crippen molar-refractivity contribution in [2.24, 2.45) is 16.2 Å². The summed E-state index contributed by atoms with van der Waals surface area (Å²) in [6, 6.07) is 4.30. The summed E-state index contributed by atoms with van der Waals surface area (Å²) in [6.45, 7) is 11.7. The van der Waals surface area contributed by atoms with Crippen molar-refractivity contribution in [2.75, 3.05) is 13.2 Å². The van der Waals surface area contributed by atoms with Crippen LogP contribution >= 0.6 is 35.1 Å². The van der Waals surface area contributed by atoms with Gasteiger partial charge < -0.3 is 10.1 Å². The molecule has 0 amide bonds. The molecule has 6 heteroatoms. The van der Waals surface area contributed by atoms with E-state index in [9.17, 15) is 0 Å². The van der Waals surface area contributed by atoms with E-state index in [1.165, 1.54) is 6.42 Å². The van der Waals surface area contributed by atoms with E-state index >= 15 is 0 Å².